The van der Waals surface area contributed by atoms with Gasteiger partial charge in [0.1, 0.15) is 0 Å². The summed E-state index contributed by atoms with van der Waals surface area (Å²) in [5, 5.41) is 11.3. The van der Waals surface area contributed by atoms with Crippen LogP contribution in [-0.2, 0) is 20.9 Å². The maximum Gasteiger partial charge on any atom is 0.416 e. The first kappa shape index (κ1) is 22.2. The van der Waals surface area contributed by atoms with Gasteiger partial charge in [-0.05, 0) is 35.7 Å². The van der Waals surface area contributed by atoms with E-state index >= 15 is 0 Å². The Kier molecular flexibility index (Phi) is 5.89. The van der Waals surface area contributed by atoms with Crippen LogP contribution >= 0.6 is 0 Å². The molecule has 0 saturated heterocycles. The SMILES string of the molecule is CCC1OC[C@@H](N(C)S(=O)(=O)c2ccccc2[N+](=O)[O-])c2ccc(C(F)(F)F)cc21. The van der Waals surface area contributed by atoms with Crippen LogP contribution in [0.2, 0.25) is 0 Å². The van der Waals surface area contributed by atoms with E-state index in [1.807, 2.05) is 0 Å². The topological polar surface area (TPSA) is 89.8 Å². The van der Waals surface area contributed by atoms with Gasteiger partial charge in [0.25, 0.3) is 5.69 Å². The molecule has 0 aromatic heterocycles. The van der Waals surface area contributed by atoms with E-state index in [0.717, 1.165) is 28.6 Å². The number of halogens is 3. The van der Waals surface area contributed by atoms with Crippen LogP contribution in [0, 0.1) is 10.1 Å². The molecule has 0 amide bonds. The van der Waals surface area contributed by atoms with Crippen LogP contribution in [0.15, 0.2) is 47.4 Å². The van der Waals surface area contributed by atoms with Crippen molar-refractivity contribution in [3.63, 3.8) is 0 Å². The average Bonchev–Trinajstić information content (AvgIpc) is 2.71. The number of ether oxygens (including phenoxy) is 1. The zero-order chi connectivity index (χ0) is 22.3. The maximum absolute atomic E-state index is 13.2. The molecule has 0 fully saturated rings. The lowest BCUT2D eigenvalue weighted by Crippen LogP contribution is -2.37. The van der Waals surface area contributed by atoms with Gasteiger partial charge < -0.3 is 4.74 Å². The molecular weight excluding hydrogens is 425 g/mol. The van der Waals surface area contributed by atoms with Gasteiger partial charge in [0.2, 0.25) is 10.0 Å². The second-order valence-corrected chi connectivity index (χ2v) is 8.80. The van der Waals surface area contributed by atoms with Gasteiger partial charge in [-0.3, -0.25) is 10.1 Å². The Bertz CT molecular complexity index is 1070. The Morgan fingerprint density at radius 2 is 1.87 bits per heavy atom. The van der Waals surface area contributed by atoms with Crippen molar-refractivity contribution in [2.45, 2.75) is 36.6 Å². The van der Waals surface area contributed by atoms with Crippen LogP contribution in [0.25, 0.3) is 0 Å². The minimum absolute atomic E-state index is 0.0900. The van der Waals surface area contributed by atoms with Crippen LogP contribution in [0.5, 0.6) is 0 Å². The lowest BCUT2D eigenvalue weighted by molar-refractivity contribution is -0.387. The summed E-state index contributed by atoms with van der Waals surface area (Å²) in [5.41, 5.74) is -0.799. The summed E-state index contributed by atoms with van der Waals surface area (Å²) in [6.07, 6.45) is -4.76. The standard InChI is InChI=1S/C19H19F3N2O5S/c1-3-17-14-10-12(19(20,21)22)8-9-13(14)16(11-29-17)23(2)30(27,28)18-7-5-4-6-15(18)24(25)26/h4-10,16-17H,3,11H2,1-2H3/t16-,17?/m1/s1. The van der Waals surface area contributed by atoms with Gasteiger partial charge in [-0.2, -0.15) is 17.5 Å². The lowest BCUT2D eigenvalue weighted by atomic mass is 9.91. The number of sulfonamides is 1. The molecule has 2 atom stereocenters. The van der Waals surface area contributed by atoms with Crippen molar-refractivity contribution in [3.8, 4) is 0 Å². The molecule has 11 heteroatoms. The Hall–Kier alpha value is -2.50. The minimum Gasteiger partial charge on any atom is -0.372 e. The number of hydrogen-bond acceptors (Lipinski definition) is 5. The number of likely N-dealkylation sites (N-methyl/N-ethyl adjacent to an activating group) is 1. The molecule has 0 spiro atoms. The fourth-order valence-electron chi connectivity index (χ4n) is 3.51. The number of nitro groups is 1. The third-order valence-electron chi connectivity index (χ3n) is 5.10. The summed E-state index contributed by atoms with van der Waals surface area (Å²) in [6.45, 7) is 1.66. The molecule has 0 aliphatic carbocycles. The predicted molar refractivity (Wildman–Crippen MR) is 101 cm³/mol. The van der Waals surface area contributed by atoms with Crippen molar-refractivity contribution in [1.82, 2.24) is 4.31 Å². The normalized spacial score (nSPS) is 19.5. The molecule has 1 aliphatic rings. The smallest absolute Gasteiger partial charge is 0.372 e. The van der Waals surface area contributed by atoms with E-state index in [9.17, 15) is 31.7 Å². The quantitative estimate of drug-likeness (QED) is 0.502. The number of rotatable bonds is 5. The molecule has 30 heavy (non-hydrogen) atoms. The lowest BCUT2D eigenvalue weighted by Gasteiger charge is -2.36. The molecule has 0 saturated carbocycles. The average molecular weight is 444 g/mol. The van der Waals surface area contributed by atoms with Gasteiger partial charge in [0.05, 0.1) is 29.2 Å². The summed E-state index contributed by atoms with van der Waals surface area (Å²) >= 11 is 0. The molecule has 0 radical (unpaired) electrons. The largest absolute Gasteiger partial charge is 0.416 e. The van der Waals surface area contributed by atoms with E-state index < -0.39 is 49.4 Å². The number of alkyl halides is 3. The number of fused-ring (bicyclic) bond motifs is 1. The second kappa shape index (κ2) is 7.97. The predicted octanol–water partition coefficient (Wildman–Crippen LogP) is 4.46. The minimum atomic E-state index is -4.55. The molecule has 162 valence electrons. The highest BCUT2D eigenvalue weighted by Gasteiger charge is 2.39. The van der Waals surface area contributed by atoms with Crippen LogP contribution in [0.1, 0.15) is 42.2 Å². The number of hydrogen-bond donors (Lipinski definition) is 0. The van der Waals surface area contributed by atoms with Gasteiger partial charge in [0, 0.05) is 13.1 Å². The number of para-hydroxylation sites is 1. The molecular formula is C19H19F3N2O5S. The van der Waals surface area contributed by atoms with Gasteiger partial charge in [-0.15, -0.1) is 0 Å². The molecule has 1 heterocycles. The zero-order valence-corrected chi connectivity index (χ0v) is 16.9. The van der Waals surface area contributed by atoms with Crippen molar-refractivity contribution >= 4 is 15.7 Å². The molecule has 2 aromatic rings. The molecule has 2 aromatic carbocycles. The van der Waals surface area contributed by atoms with E-state index in [2.05, 4.69) is 0 Å². The Morgan fingerprint density at radius 1 is 1.20 bits per heavy atom. The first-order valence-electron chi connectivity index (χ1n) is 9.02. The molecule has 7 nitrogen and oxygen atoms in total. The monoisotopic (exact) mass is 444 g/mol. The van der Waals surface area contributed by atoms with Crippen LogP contribution in [0.3, 0.4) is 0 Å². The van der Waals surface area contributed by atoms with E-state index in [-0.39, 0.29) is 12.2 Å². The van der Waals surface area contributed by atoms with Crippen LogP contribution in [0.4, 0.5) is 18.9 Å². The summed E-state index contributed by atoms with van der Waals surface area (Å²) < 4.78 is 72.3. The van der Waals surface area contributed by atoms with Crippen LogP contribution in [-0.4, -0.2) is 31.3 Å². The highest BCUT2D eigenvalue weighted by Crippen LogP contribution is 2.42. The third-order valence-corrected chi connectivity index (χ3v) is 7.02. The van der Waals surface area contributed by atoms with Crippen molar-refractivity contribution in [2.24, 2.45) is 0 Å². The van der Waals surface area contributed by atoms with Crippen LogP contribution < -0.4 is 0 Å². The highest BCUT2D eigenvalue weighted by molar-refractivity contribution is 7.89. The molecule has 0 N–H and O–H groups in total. The first-order valence-corrected chi connectivity index (χ1v) is 10.5. The summed E-state index contributed by atoms with van der Waals surface area (Å²) in [5.74, 6) is 0. The van der Waals surface area contributed by atoms with Crippen molar-refractivity contribution in [3.05, 3.63) is 69.3 Å². The van der Waals surface area contributed by atoms with Gasteiger partial charge in [0.15, 0.2) is 4.90 Å². The maximum atomic E-state index is 13.2. The van der Waals surface area contributed by atoms with Crippen molar-refractivity contribution in [1.29, 1.82) is 0 Å². The number of nitro benzene ring substituents is 1. The van der Waals surface area contributed by atoms with E-state index in [0.29, 0.717) is 12.0 Å². The van der Waals surface area contributed by atoms with Crippen molar-refractivity contribution in [2.75, 3.05) is 13.7 Å². The van der Waals surface area contributed by atoms with E-state index in [1.165, 1.54) is 25.2 Å². The van der Waals surface area contributed by atoms with E-state index in [4.69, 9.17) is 4.74 Å². The molecule has 1 aliphatic heterocycles. The van der Waals surface area contributed by atoms with Crippen molar-refractivity contribution < 1.29 is 31.2 Å². The fraction of sp³-hybridized carbons (Fsp3) is 0.368. The Balaban J connectivity index is 2.08. The van der Waals surface area contributed by atoms with Gasteiger partial charge in [-0.1, -0.05) is 25.1 Å². The third kappa shape index (κ3) is 3.92. The first-order chi connectivity index (χ1) is 14.0. The zero-order valence-electron chi connectivity index (χ0n) is 16.1. The molecule has 0 bridgehead atoms. The number of benzene rings is 2. The van der Waals surface area contributed by atoms with E-state index in [1.54, 1.807) is 6.92 Å². The van der Waals surface area contributed by atoms with Gasteiger partial charge >= 0.3 is 6.18 Å². The summed E-state index contributed by atoms with van der Waals surface area (Å²) in [7, 11) is -3.10. The molecule has 3 rings (SSSR count). The molecule has 1 unspecified atom stereocenters. The Labute approximate surface area is 171 Å². The Morgan fingerprint density at radius 3 is 2.47 bits per heavy atom. The summed E-state index contributed by atoms with van der Waals surface area (Å²) in [4.78, 5) is 9.98. The highest BCUT2D eigenvalue weighted by atomic mass is 32.2. The summed E-state index contributed by atoms with van der Waals surface area (Å²) in [6, 6.07) is 7.10. The van der Waals surface area contributed by atoms with Gasteiger partial charge in [-0.25, -0.2) is 8.42 Å². The second-order valence-electron chi connectivity index (χ2n) is 6.83. The number of nitrogens with zero attached hydrogens (tertiary/aromatic N) is 2. The fourth-order valence-corrected chi connectivity index (χ4v) is 4.98.